The van der Waals surface area contributed by atoms with Gasteiger partial charge in [-0.2, -0.15) is 0 Å². The van der Waals surface area contributed by atoms with Crippen molar-refractivity contribution >= 4 is 0 Å². The Hall–Kier alpha value is -0.900. The zero-order valence-corrected chi connectivity index (χ0v) is 15.8. The second-order valence-corrected chi connectivity index (χ2v) is 5.74. The van der Waals surface area contributed by atoms with Crippen molar-refractivity contribution in [3.05, 3.63) is 11.7 Å². The maximum atomic E-state index is 5.79. The zero-order valence-electron chi connectivity index (χ0n) is 15.8. The SMILES string of the molecule is CCCCCCCOCOC(OCCC)=C(CCC)OCCC. The van der Waals surface area contributed by atoms with Gasteiger partial charge in [0.25, 0.3) is 0 Å². The highest BCUT2D eigenvalue weighted by Crippen LogP contribution is 2.16. The molecular formula is C19H38O4. The number of hydrogen-bond donors (Lipinski definition) is 0. The third-order valence-electron chi connectivity index (χ3n) is 3.29. The molecule has 4 heteroatoms. The van der Waals surface area contributed by atoms with Gasteiger partial charge >= 0.3 is 5.95 Å². The van der Waals surface area contributed by atoms with Crippen LogP contribution in [-0.4, -0.2) is 26.6 Å². The summed E-state index contributed by atoms with van der Waals surface area (Å²) in [5.74, 6) is 1.32. The molecule has 0 spiro atoms. The van der Waals surface area contributed by atoms with E-state index in [1.807, 2.05) is 0 Å². The average Bonchev–Trinajstić information content (AvgIpc) is 2.57. The largest absolute Gasteiger partial charge is 0.491 e. The second kappa shape index (κ2) is 17.5. The first-order valence-corrected chi connectivity index (χ1v) is 9.49. The Bertz CT molecular complexity index is 277. The third kappa shape index (κ3) is 13.3. The van der Waals surface area contributed by atoms with Gasteiger partial charge < -0.3 is 18.9 Å². The lowest BCUT2D eigenvalue weighted by molar-refractivity contribution is -0.0840. The van der Waals surface area contributed by atoms with E-state index in [9.17, 15) is 0 Å². The number of hydrogen-bond acceptors (Lipinski definition) is 4. The Kier molecular flexibility index (Phi) is 16.8. The molecule has 0 heterocycles. The lowest BCUT2D eigenvalue weighted by Gasteiger charge is -2.17. The first-order valence-electron chi connectivity index (χ1n) is 9.49. The van der Waals surface area contributed by atoms with Crippen LogP contribution in [0.25, 0.3) is 0 Å². The van der Waals surface area contributed by atoms with E-state index in [4.69, 9.17) is 18.9 Å². The van der Waals surface area contributed by atoms with E-state index in [0.717, 1.165) is 44.5 Å². The van der Waals surface area contributed by atoms with Gasteiger partial charge in [-0.25, -0.2) is 0 Å². The van der Waals surface area contributed by atoms with Crippen LogP contribution in [0.1, 0.15) is 85.5 Å². The summed E-state index contributed by atoms with van der Waals surface area (Å²) in [6.07, 6.45) is 9.93. The summed E-state index contributed by atoms with van der Waals surface area (Å²) >= 11 is 0. The highest BCUT2D eigenvalue weighted by molar-refractivity contribution is 4.95. The zero-order chi connectivity index (χ0) is 17.2. The van der Waals surface area contributed by atoms with Crippen molar-refractivity contribution in [1.82, 2.24) is 0 Å². The van der Waals surface area contributed by atoms with Gasteiger partial charge in [0.05, 0.1) is 19.8 Å². The summed E-state index contributed by atoms with van der Waals surface area (Å²) in [5.41, 5.74) is 0. The van der Waals surface area contributed by atoms with Gasteiger partial charge in [0.15, 0.2) is 12.6 Å². The Labute approximate surface area is 143 Å². The maximum absolute atomic E-state index is 5.79. The minimum Gasteiger partial charge on any atom is -0.491 e. The van der Waals surface area contributed by atoms with Crippen molar-refractivity contribution in [2.45, 2.75) is 85.5 Å². The molecule has 138 valence electrons. The first-order chi connectivity index (χ1) is 11.3. The molecule has 0 aromatic heterocycles. The Balaban J connectivity index is 4.19. The van der Waals surface area contributed by atoms with Gasteiger partial charge in [0.1, 0.15) is 0 Å². The Morgan fingerprint density at radius 3 is 1.96 bits per heavy atom. The summed E-state index contributed by atoms with van der Waals surface area (Å²) in [4.78, 5) is 0. The highest BCUT2D eigenvalue weighted by atomic mass is 16.7. The standard InChI is InChI=1S/C19H38O4/c1-5-9-10-11-12-16-20-17-23-19(22-15-8-4)18(13-6-2)21-14-7-3/h5-17H2,1-4H3. The molecule has 23 heavy (non-hydrogen) atoms. The second-order valence-electron chi connectivity index (χ2n) is 5.74. The number of unbranched alkanes of at least 4 members (excludes halogenated alkanes) is 4. The van der Waals surface area contributed by atoms with E-state index in [2.05, 4.69) is 27.7 Å². The van der Waals surface area contributed by atoms with Crippen LogP contribution in [0.4, 0.5) is 0 Å². The van der Waals surface area contributed by atoms with Gasteiger partial charge in [-0.1, -0.05) is 53.4 Å². The van der Waals surface area contributed by atoms with Crippen molar-refractivity contribution < 1.29 is 18.9 Å². The van der Waals surface area contributed by atoms with Gasteiger partial charge in [0, 0.05) is 6.42 Å². The fourth-order valence-corrected chi connectivity index (χ4v) is 2.04. The van der Waals surface area contributed by atoms with Crippen molar-refractivity contribution in [2.75, 3.05) is 26.6 Å². The first kappa shape index (κ1) is 22.1. The van der Waals surface area contributed by atoms with E-state index < -0.39 is 0 Å². The fraction of sp³-hybridized carbons (Fsp3) is 0.895. The molecule has 0 aliphatic heterocycles. The van der Waals surface area contributed by atoms with E-state index in [0.29, 0.717) is 19.2 Å². The predicted molar refractivity (Wildman–Crippen MR) is 95.1 cm³/mol. The van der Waals surface area contributed by atoms with Crippen LogP contribution >= 0.6 is 0 Å². The van der Waals surface area contributed by atoms with Gasteiger partial charge in [-0.3, -0.25) is 0 Å². The minimum atomic E-state index is 0.232. The van der Waals surface area contributed by atoms with E-state index in [1.165, 1.54) is 25.7 Å². The molecule has 0 aliphatic rings. The van der Waals surface area contributed by atoms with E-state index in [1.54, 1.807) is 0 Å². The summed E-state index contributed by atoms with van der Waals surface area (Å²) in [6, 6.07) is 0. The number of ether oxygens (including phenoxy) is 4. The summed E-state index contributed by atoms with van der Waals surface area (Å²) in [7, 11) is 0. The van der Waals surface area contributed by atoms with Crippen molar-refractivity contribution in [2.24, 2.45) is 0 Å². The summed E-state index contributed by atoms with van der Waals surface area (Å²) in [5, 5.41) is 0. The molecule has 0 N–H and O–H groups in total. The summed E-state index contributed by atoms with van der Waals surface area (Å²) in [6.45, 7) is 10.8. The molecule has 0 bridgehead atoms. The maximum Gasteiger partial charge on any atom is 0.321 e. The van der Waals surface area contributed by atoms with E-state index >= 15 is 0 Å². The van der Waals surface area contributed by atoms with Crippen molar-refractivity contribution in [3.63, 3.8) is 0 Å². The summed E-state index contributed by atoms with van der Waals surface area (Å²) < 4.78 is 22.8. The van der Waals surface area contributed by atoms with Crippen LogP contribution < -0.4 is 0 Å². The molecule has 0 aromatic rings. The molecule has 0 fully saturated rings. The predicted octanol–water partition coefficient (Wildman–Crippen LogP) is 5.77. The molecule has 0 amide bonds. The van der Waals surface area contributed by atoms with Crippen molar-refractivity contribution in [3.8, 4) is 0 Å². The Morgan fingerprint density at radius 2 is 1.30 bits per heavy atom. The molecular weight excluding hydrogens is 292 g/mol. The highest BCUT2D eigenvalue weighted by Gasteiger charge is 2.11. The third-order valence-corrected chi connectivity index (χ3v) is 3.29. The van der Waals surface area contributed by atoms with Crippen molar-refractivity contribution in [1.29, 1.82) is 0 Å². The topological polar surface area (TPSA) is 36.9 Å². The van der Waals surface area contributed by atoms with Crippen LogP contribution in [0.15, 0.2) is 11.7 Å². The molecule has 4 nitrogen and oxygen atoms in total. The molecule has 0 aliphatic carbocycles. The normalized spacial score (nSPS) is 12.0. The van der Waals surface area contributed by atoms with Crippen LogP contribution in [0, 0.1) is 0 Å². The number of allylic oxidation sites excluding steroid dienone is 1. The monoisotopic (exact) mass is 330 g/mol. The van der Waals surface area contributed by atoms with Crippen LogP contribution in [0.2, 0.25) is 0 Å². The average molecular weight is 331 g/mol. The van der Waals surface area contributed by atoms with Crippen LogP contribution in [0.5, 0.6) is 0 Å². The molecule has 0 saturated heterocycles. The molecule has 0 rings (SSSR count). The number of rotatable bonds is 17. The Morgan fingerprint density at radius 1 is 0.609 bits per heavy atom. The fourth-order valence-electron chi connectivity index (χ4n) is 2.04. The van der Waals surface area contributed by atoms with Crippen LogP contribution in [0.3, 0.4) is 0 Å². The quantitative estimate of drug-likeness (QED) is 0.193. The molecule has 0 atom stereocenters. The molecule has 0 unspecified atom stereocenters. The minimum absolute atomic E-state index is 0.232. The smallest absolute Gasteiger partial charge is 0.321 e. The molecule has 0 aromatic carbocycles. The lowest BCUT2D eigenvalue weighted by Crippen LogP contribution is -2.10. The van der Waals surface area contributed by atoms with Crippen LogP contribution in [-0.2, 0) is 18.9 Å². The van der Waals surface area contributed by atoms with E-state index in [-0.39, 0.29) is 6.79 Å². The lowest BCUT2D eigenvalue weighted by atomic mass is 10.2. The molecule has 0 saturated carbocycles. The molecule has 0 radical (unpaired) electrons. The van der Waals surface area contributed by atoms with Gasteiger partial charge in [-0.05, 0) is 25.7 Å². The van der Waals surface area contributed by atoms with Gasteiger partial charge in [-0.15, -0.1) is 0 Å². The van der Waals surface area contributed by atoms with Gasteiger partial charge in [0.2, 0.25) is 0 Å².